The van der Waals surface area contributed by atoms with Gasteiger partial charge < -0.3 is 14.6 Å². The SMILES string of the molecule is Cc1nc(CNC2CC(C)OC(C)C2)no1. The molecule has 0 saturated carbocycles. The molecule has 1 saturated heterocycles. The zero-order valence-corrected chi connectivity index (χ0v) is 10.1. The lowest BCUT2D eigenvalue weighted by molar-refractivity contribution is -0.0423. The van der Waals surface area contributed by atoms with E-state index in [-0.39, 0.29) is 0 Å². The molecule has 90 valence electrons. The Morgan fingerprint density at radius 1 is 1.31 bits per heavy atom. The van der Waals surface area contributed by atoms with E-state index in [2.05, 4.69) is 29.3 Å². The van der Waals surface area contributed by atoms with Crippen LogP contribution in [0.5, 0.6) is 0 Å². The molecule has 0 radical (unpaired) electrons. The minimum Gasteiger partial charge on any atom is -0.375 e. The smallest absolute Gasteiger partial charge is 0.223 e. The third-order valence-corrected chi connectivity index (χ3v) is 2.82. The Morgan fingerprint density at radius 2 is 2.00 bits per heavy atom. The van der Waals surface area contributed by atoms with Crippen LogP contribution in [0.1, 0.15) is 38.4 Å². The van der Waals surface area contributed by atoms with E-state index in [1.807, 2.05) is 0 Å². The van der Waals surface area contributed by atoms with Gasteiger partial charge in [0.2, 0.25) is 5.89 Å². The summed E-state index contributed by atoms with van der Waals surface area (Å²) in [5.74, 6) is 1.34. The highest BCUT2D eigenvalue weighted by Gasteiger charge is 2.24. The molecule has 1 N–H and O–H groups in total. The van der Waals surface area contributed by atoms with E-state index in [1.54, 1.807) is 6.92 Å². The van der Waals surface area contributed by atoms with Crippen LogP contribution in [0.2, 0.25) is 0 Å². The molecular formula is C11H19N3O2. The van der Waals surface area contributed by atoms with E-state index < -0.39 is 0 Å². The van der Waals surface area contributed by atoms with Gasteiger partial charge in [-0.05, 0) is 26.7 Å². The van der Waals surface area contributed by atoms with Crippen LogP contribution < -0.4 is 5.32 Å². The molecule has 16 heavy (non-hydrogen) atoms. The van der Waals surface area contributed by atoms with Crippen molar-refractivity contribution in [1.29, 1.82) is 0 Å². The zero-order chi connectivity index (χ0) is 11.5. The first-order valence-corrected chi connectivity index (χ1v) is 5.81. The normalized spacial score (nSPS) is 30.6. The van der Waals surface area contributed by atoms with Gasteiger partial charge in [0, 0.05) is 13.0 Å². The highest BCUT2D eigenvalue weighted by Crippen LogP contribution is 2.19. The summed E-state index contributed by atoms with van der Waals surface area (Å²) in [5.41, 5.74) is 0. The standard InChI is InChI=1S/C11H19N3O2/c1-7-4-10(5-8(2)15-7)12-6-11-13-9(3)16-14-11/h7-8,10,12H,4-6H2,1-3H3. The van der Waals surface area contributed by atoms with E-state index in [4.69, 9.17) is 9.26 Å². The second-order valence-electron chi connectivity index (χ2n) is 4.54. The van der Waals surface area contributed by atoms with Crippen molar-refractivity contribution >= 4 is 0 Å². The second kappa shape index (κ2) is 4.93. The summed E-state index contributed by atoms with van der Waals surface area (Å²) in [5, 5.41) is 7.31. The summed E-state index contributed by atoms with van der Waals surface area (Å²) < 4.78 is 10.6. The first kappa shape index (κ1) is 11.5. The minimum atomic E-state index is 0.327. The quantitative estimate of drug-likeness (QED) is 0.843. The summed E-state index contributed by atoms with van der Waals surface area (Å²) >= 11 is 0. The largest absolute Gasteiger partial charge is 0.375 e. The maximum absolute atomic E-state index is 5.68. The molecule has 2 rings (SSSR count). The maximum atomic E-state index is 5.68. The number of rotatable bonds is 3. The van der Waals surface area contributed by atoms with Crippen molar-refractivity contribution in [2.75, 3.05) is 0 Å². The average Bonchev–Trinajstić information content (AvgIpc) is 2.60. The van der Waals surface area contributed by atoms with Gasteiger partial charge in [-0.1, -0.05) is 5.16 Å². The van der Waals surface area contributed by atoms with Gasteiger partial charge in [0.05, 0.1) is 18.8 Å². The summed E-state index contributed by atoms with van der Waals surface area (Å²) in [4.78, 5) is 4.16. The fourth-order valence-electron chi connectivity index (χ4n) is 2.22. The van der Waals surface area contributed by atoms with Gasteiger partial charge in [-0.2, -0.15) is 4.98 Å². The van der Waals surface area contributed by atoms with E-state index in [0.29, 0.717) is 30.7 Å². The predicted molar refractivity (Wildman–Crippen MR) is 58.9 cm³/mol. The monoisotopic (exact) mass is 225 g/mol. The van der Waals surface area contributed by atoms with Crippen molar-refractivity contribution in [2.45, 2.75) is 58.4 Å². The van der Waals surface area contributed by atoms with Crippen molar-refractivity contribution < 1.29 is 9.26 Å². The lowest BCUT2D eigenvalue weighted by Crippen LogP contribution is -2.41. The Bertz CT molecular complexity index is 330. The molecule has 2 atom stereocenters. The van der Waals surface area contributed by atoms with Gasteiger partial charge in [0.25, 0.3) is 0 Å². The van der Waals surface area contributed by atoms with E-state index in [9.17, 15) is 0 Å². The number of nitrogens with zero attached hydrogens (tertiary/aromatic N) is 2. The van der Waals surface area contributed by atoms with Gasteiger partial charge in [-0.25, -0.2) is 0 Å². The molecule has 2 heterocycles. The molecule has 0 spiro atoms. The molecule has 5 heteroatoms. The molecule has 5 nitrogen and oxygen atoms in total. The van der Waals surface area contributed by atoms with Gasteiger partial charge in [-0.3, -0.25) is 0 Å². The number of hydrogen-bond donors (Lipinski definition) is 1. The number of aromatic nitrogens is 2. The molecule has 1 aromatic heterocycles. The molecule has 1 aliphatic heterocycles. The van der Waals surface area contributed by atoms with Gasteiger partial charge >= 0.3 is 0 Å². The predicted octanol–water partition coefficient (Wildman–Crippen LogP) is 1.42. The molecule has 0 bridgehead atoms. The first-order chi connectivity index (χ1) is 7.63. The first-order valence-electron chi connectivity index (χ1n) is 5.81. The van der Waals surface area contributed by atoms with Gasteiger partial charge in [-0.15, -0.1) is 0 Å². The fourth-order valence-corrected chi connectivity index (χ4v) is 2.22. The highest BCUT2D eigenvalue weighted by atomic mass is 16.5. The summed E-state index contributed by atoms with van der Waals surface area (Å²) in [6, 6.07) is 0.484. The van der Waals surface area contributed by atoms with Crippen molar-refractivity contribution in [2.24, 2.45) is 0 Å². The second-order valence-corrected chi connectivity index (χ2v) is 4.54. The van der Waals surface area contributed by atoms with E-state index in [0.717, 1.165) is 18.7 Å². The molecule has 0 aromatic carbocycles. The van der Waals surface area contributed by atoms with Crippen LogP contribution in [0.4, 0.5) is 0 Å². The van der Waals surface area contributed by atoms with E-state index >= 15 is 0 Å². The summed E-state index contributed by atoms with van der Waals surface area (Å²) in [7, 11) is 0. The molecule has 1 fully saturated rings. The fraction of sp³-hybridized carbons (Fsp3) is 0.818. The van der Waals surface area contributed by atoms with Crippen molar-refractivity contribution in [3.05, 3.63) is 11.7 Å². The van der Waals surface area contributed by atoms with Crippen molar-refractivity contribution in [3.63, 3.8) is 0 Å². The molecule has 0 amide bonds. The van der Waals surface area contributed by atoms with Crippen LogP contribution in [0.3, 0.4) is 0 Å². The van der Waals surface area contributed by atoms with Crippen LogP contribution >= 0.6 is 0 Å². The molecular weight excluding hydrogens is 206 g/mol. The lowest BCUT2D eigenvalue weighted by atomic mass is 10.00. The van der Waals surface area contributed by atoms with Crippen LogP contribution in [0, 0.1) is 6.92 Å². The summed E-state index contributed by atoms with van der Waals surface area (Å²) in [6.07, 6.45) is 2.74. The third kappa shape index (κ3) is 3.02. The van der Waals surface area contributed by atoms with Gasteiger partial charge in [0.15, 0.2) is 5.82 Å². The minimum absolute atomic E-state index is 0.327. The highest BCUT2D eigenvalue weighted by molar-refractivity contribution is 4.86. The zero-order valence-electron chi connectivity index (χ0n) is 10.1. The Labute approximate surface area is 95.6 Å². The third-order valence-electron chi connectivity index (χ3n) is 2.82. The van der Waals surface area contributed by atoms with Crippen LogP contribution in [0.15, 0.2) is 4.52 Å². The molecule has 0 aliphatic carbocycles. The lowest BCUT2D eigenvalue weighted by Gasteiger charge is -2.32. The number of ether oxygens (including phenoxy) is 1. The Kier molecular flexibility index (Phi) is 3.56. The Balaban J connectivity index is 1.81. The van der Waals surface area contributed by atoms with Crippen molar-refractivity contribution in [1.82, 2.24) is 15.5 Å². The van der Waals surface area contributed by atoms with Crippen LogP contribution in [0.25, 0.3) is 0 Å². The Morgan fingerprint density at radius 3 is 2.56 bits per heavy atom. The average molecular weight is 225 g/mol. The van der Waals surface area contributed by atoms with Crippen LogP contribution in [-0.2, 0) is 11.3 Å². The molecule has 1 aromatic rings. The van der Waals surface area contributed by atoms with E-state index in [1.165, 1.54) is 0 Å². The molecule has 1 aliphatic rings. The number of aryl methyl sites for hydroxylation is 1. The van der Waals surface area contributed by atoms with Crippen molar-refractivity contribution in [3.8, 4) is 0 Å². The Hall–Kier alpha value is -0.940. The van der Waals surface area contributed by atoms with Crippen LogP contribution in [-0.4, -0.2) is 28.4 Å². The summed E-state index contributed by atoms with van der Waals surface area (Å²) in [6.45, 7) is 6.70. The number of nitrogens with one attached hydrogen (secondary N) is 1. The number of hydrogen-bond acceptors (Lipinski definition) is 5. The van der Waals surface area contributed by atoms with Gasteiger partial charge in [0.1, 0.15) is 0 Å². The maximum Gasteiger partial charge on any atom is 0.223 e. The topological polar surface area (TPSA) is 60.2 Å². The molecule has 2 unspecified atom stereocenters.